The molecule has 6 heteroatoms. The summed E-state index contributed by atoms with van der Waals surface area (Å²) in [5.41, 5.74) is 2.52. The first-order valence-electron chi connectivity index (χ1n) is 10.9. The SMILES string of the molecule is CC1CCN([C@H](c2ccc(N(C)C)cc2)c2nnnn2C2CCCCC2)CC1. The number of rotatable bonds is 5. The first-order chi connectivity index (χ1) is 13.6. The molecule has 0 bridgehead atoms. The van der Waals surface area contributed by atoms with Gasteiger partial charge in [0, 0.05) is 19.8 Å². The van der Waals surface area contributed by atoms with Gasteiger partial charge in [-0.2, -0.15) is 0 Å². The maximum absolute atomic E-state index is 4.57. The third-order valence-corrected chi connectivity index (χ3v) is 6.59. The Kier molecular flexibility index (Phi) is 5.95. The Balaban J connectivity index is 1.68. The summed E-state index contributed by atoms with van der Waals surface area (Å²) in [6, 6.07) is 9.54. The average Bonchev–Trinajstić information content (AvgIpc) is 3.20. The lowest BCUT2D eigenvalue weighted by atomic mass is 9.93. The highest BCUT2D eigenvalue weighted by molar-refractivity contribution is 5.47. The molecule has 0 unspecified atom stereocenters. The zero-order chi connectivity index (χ0) is 19.5. The van der Waals surface area contributed by atoms with E-state index in [-0.39, 0.29) is 6.04 Å². The number of likely N-dealkylation sites (tertiary alicyclic amines) is 1. The van der Waals surface area contributed by atoms with Gasteiger partial charge in [-0.1, -0.05) is 38.3 Å². The summed E-state index contributed by atoms with van der Waals surface area (Å²) in [5, 5.41) is 13.2. The molecular weight excluding hydrogens is 348 g/mol. The van der Waals surface area contributed by atoms with Crippen LogP contribution in [-0.2, 0) is 0 Å². The quantitative estimate of drug-likeness (QED) is 0.780. The molecule has 1 atom stereocenters. The molecule has 28 heavy (non-hydrogen) atoms. The molecule has 2 fully saturated rings. The molecule has 4 rings (SSSR count). The van der Waals surface area contributed by atoms with Gasteiger partial charge in [0.1, 0.15) is 0 Å². The molecule has 152 valence electrons. The van der Waals surface area contributed by atoms with E-state index in [1.165, 1.54) is 56.2 Å². The third kappa shape index (κ3) is 4.07. The van der Waals surface area contributed by atoms with E-state index in [1.54, 1.807) is 0 Å². The lowest BCUT2D eigenvalue weighted by Gasteiger charge is -2.37. The van der Waals surface area contributed by atoms with E-state index in [9.17, 15) is 0 Å². The number of hydrogen-bond acceptors (Lipinski definition) is 5. The zero-order valence-corrected chi connectivity index (χ0v) is 17.6. The van der Waals surface area contributed by atoms with Gasteiger partial charge in [-0.05, 0) is 72.8 Å². The first-order valence-corrected chi connectivity index (χ1v) is 10.9. The van der Waals surface area contributed by atoms with Gasteiger partial charge >= 0.3 is 0 Å². The molecule has 1 aliphatic heterocycles. The van der Waals surface area contributed by atoms with Gasteiger partial charge in [0.05, 0.1) is 12.1 Å². The number of aromatic nitrogens is 4. The minimum Gasteiger partial charge on any atom is -0.378 e. The lowest BCUT2D eigenvalue weighted by molar-refractivity contribution is 0.146. The predicted octanol–water partition coefficient (Wildman–Crippen LogP) is 4.07. The largest absolute Gasteiger partial charge is 0.378 e. The maximum Gasteiger partial charge on any atom is 0.173 e. The number of hydrogen-bond donors (Lipinski definition) is 0. The van der Waals surface area contributed by atoms with Crippen LogP contribution in [0.1, 0.15) is 75.3 Å². The van der Waals surface area contributed by atoms with Crippen molar-refractivity contribution in [3.05, 3.63) is 35.7 Å². The predicted molar refractivity (Wildman–Crippen MR) is 113 cm³/mol. The van der Waals surface area contributed by atoms with Crippen LogP contribution in [0.15, 0.2) is 24.3 Å². The van der Waals surface area contributed by atoms with Crippen molar-refractivity contribution >= 4 is 5.69 Å². The fourth-order valence-corrected chi connectivity index (χ4v) is 4.73. The second kappa shape index (κ2) is 8.60. The Hall–Kier alpha value is -1.95. The molecule has 1 aliphatic carbocycles. The standard InChI is InChI=1S/C22H34N6/c1-17-13-15-27(16-14-17)21(18-9-11-19(12-10-18)26(2)3)22-23-24-25-28(22)20-7-5-4-6-8-20/h9-12,17,20-21H,4-8,13-16H2,1-3H3/t21-/m1/s1. The Morgan fingerprint density at radius 2 is 1.64 bits per heavy atom. The molecule has 6 nitrogen and oxygen atoms in total. The van der Waals surface area contributed by atoms with E-state index < -0.39 is 0 Å². The van der Waals surface area contributed by atoms with Crippen LogP contribution in [-0.4, -0.2) is 52.3 Å². The van der Waals surface area contributed by atoms with Crippen molar-refractivity contribution in [2.45, 2.75) is 64.0 Å². The van der Waals surface area contributed by atoms with Crippen LogP contribution >= 0.6 is 0 Å². The van der Waals surface area contributed by atoms with E-state index in [0.717, 1.165) is 24.8 Å². The van der Waals surface area contributed by atoms with Crippen LogP contribution in [0.4, 0.5) is 5.69 Å². The van der Waals surface area contributed by atoms with E-state index in [4.69, 9.17) is 0 Å². The van der Waals surface area contributed by atoms with Gasteiger partial charge in [0.2, 0.25) is 0 Å². The van der Waals surface area contributed by atoms with Crippen LogP contribution in [0, 0.1) is 5.92 Å². The summed E-state index contributed by atoms with van der Waals surface area (Å²) in [7, 11) is 4.17. The van der Waals surface area contributed by atoms with E-state index in [0.29, 0.717) is 6.04 Å². The minimum atomic E-state index is 0.139. The number of nitrogens with zero attached hydrogens (tertiary/aromatic N) is 6. The van der Waals surface area contributed by atoms with Crippen molar-refractivity contribution in [1.82, 2.24) is 25.1 Å². The van der Waals surface area contributed by atoms with E-state index in [1.807, 2.05) is 0 Å². The summed E-state index contributed by atoms with van der Waals surface area (Å²) in [5.74, 6) is 1.83. The van der Waals surface area contributed by atoms with Gasteiger partial charge in [0.25, 0.3) is 0 Å². The molecule has 0 amide bonds. The van der Waals surface area contributed by atoms with Crippen molar-refractivity contribution in [3.8, 4) is 0 Å². The number of benzene rings is 1. The van der Waals surface area contributed by atoms with E-state index in [2.05, 4.69) is 75.3 Å². The summed E-state index contributed by atoms with van der Waals surface area (Å²) < 4.78 is 2.15. The smallest absolute Gasteiger partial charge is 0.173 e. The second-order valence-electron chi connectivity index (χ2n) is 8.88. The van der Waals surface area contributed by atoms with Crippen LogP contribution < -0.4 is 4.90 Å². The number of tetrazole rings is 1. The molecule has 1 saturated carbocycles. The summed E-state index contributed by atoms with van der Waals surface area (Å²) in [4.78, 5) is 4.74. The molecule has 0 N–H and O–H groups in total. The molecule has 1 saturated heterocycles. The van der Waals surface area contributed by atoms with E-state index >= 15 is 0 Å². The van der Waals surface area contributed by atoms with Crippen molar-refractivity contribution in [1.29, 1.82) is 0 Å². The monoisotopic (exact) mass is 382 g/mol. The van der Waals surface area contributed by atoms with Gasteiger partial charge in [-0.3, -0.25) is 4.90 Å². The van der Waals surface area contributed by atoms with Crippen LogP contribution in [0.25, 0.3) is 0 Å². The van der Waals surface area contributed by atoms with Gasteiger partial charge in [-0.15, -0.1) is 5.10 Å². The van der Waals surface area contributed by atoms with Gasteiger partial charge in [-0.25, -0.2) is 4.68 Å². The third-order valence-electron chi connectivity index (χ3n) is 6.59. The molecule has 2 aromatic rings. The molecule has 1 aromatic carbocycles. The van der Waals surface area contributed by atoms with Gasteiger partial charge in [0.15, 0.2) is 5.82 Å². The van der Waals surface area contributed by atoms with Crippen molar-refractivity contribution in [3.63, 3.8) is 0 Å². The fourth-order valence-electron chi connectivity index (χ4n) is 4.73. The van der Waals surface area contributed by atoms with Gasteiger partial charge < -0.3 is 4.90 Å². The topological polar surface area (TPSA) is 50.1 Å². The normalized spacial score (nSPS) is 21.0. The highest BCUT2D eigenvalue weighted by atomic mass is 15.6. The molecule has 2 aliphatic rings. The minimum absolute atomic E-state index is 0.139. The van der Waals surface area contributed by atoms with Crippen molar-refractivity contribution in [2.75, 3.05) is 32.1 Å². The molecule has 2 heterocycles. The number of anilines is 1. The second-order valence-corrected chi connectivity index (χ2v) is 8.88. The molecular formula is C22H34N6. The fraction of sp³-hybridized carbons (Fsp3) is 0.682. The van der Waals surface area contributed by atoms with Crippen LogP contribution in [0.5, 0.6) is 0 Å². The number of piperidine rings is 1. The summed E-state index contributed by atoms with van der Waals surface area (Å²) in [6.45, 7) is 4.59. The Bertz CT molecular complexity index is 739. The zero-order valence-electron chi connectivity index (χ0n) is 17.6. The summed E-state index contributed by atoms with van der Waals surface area (Å²) in [6.07, 6.45) is 8.80. The molecule has 0 spiro atoms. The Morgan fingerprint density at radius 1 is 0.964 bits per heavy atom. The Labute approximate surface area is 168 Å². The average molecular weight is 383 g/mol. The lowest BCUT2D eigenvalue weighted by Crippen LogP contribution is -2.38. The van der Waals surface area contributed by atoms with Crippen LogP contribution in [0.2, 0.25) is 0 Å². The molecule has 0 radical (unpaired) electrons. The van der Waals surface area contributed by atoms with Crippen LogP contribution in [0.3, 0.4) is 0 Å². The molecule has 1 aromatic heterocycles. The first kappa shape index (κ1) is 19.4. The Morgan fingerprint density at radius 3 is 2.29 bits per heavy atom. The highest BCUT2D eigenvalue weighted by Gasteiger charge is 2.32. The van der Waals surface area contributed by atoms with Crippen molar-refractivity contribution < 1.29 is 0 Å². The summed E-state index contributed by atoms with van der Waals surface area (Å²) >= 11 is 0. The highest BCUT2D eigenvalue weighted by Crippen LogP contribution is 2.35. The van der Waals surface area contributed by atoms with Crippen molar-refractivity contribution in [2.24, 2.45) is 5.92 Å². The maximum atomic E-state index is 4.57.